The number of carbonyl (C=O) groups is 1. The van der Waals surface area contributed by atoms with Crippen LogP contribution in [0.5, 0.6) is 0 Å². The number of hydrogen-bond acceptors (Lipinski definition) is 3. The molecule has 0 aromatic rings. The van der Waals surface area contributed by atoms with E-state index in [1.54, 1.807) is 0 Å². The largest absolute Gasteiger partial charge is 0.462 e. The summed E-state index contributed by atoms with van der Waals surface area (Å²) in [4.78, 5) is 11.0. The van der Waals surface area contributed by atoms with E-state index in [1.807, 2.05) is 0 Å². The molecule has 0 aliphatic carbocycles. The summed E-state index contributed by atoms with van der Waals surface area (Å²) < 4.78 is 42.4. The van der Waals surface area contributed by atoms with Crippen molar-refractivity contribution < 1.29 is 27.8 Å². The van der Waals surface area contributed by atoms with E-state index in [-0.39, 0.29) is 25.0 Å². The second-order valence-corrected chi connectivity index (χ2v) is 4.34. The molecule has 0 aliphatic heterocycles. The van der Waals surface area contributed by atoms with Crippen molar-refractivity contribution in [3.63, 3.8) is 0 Å². The Kier molecular flexibility index (Phi) is 7.66. The number of carbonyl (C=O) groups excluding carboxylic acids is 1. The third kappa shape index (κ3) is 4.68. The lowest BCUT2D eigenvalue weighted by Gasteiger charge is -2.29. The van der Waals surface area contributed by atoms with Gasteiger partial charge in [-0.25, -0.2) is 4.79 Å². The molecule has 18 heavy (non-hydrogen) atoms. The first-order chi connectivity index (χ1) is 8.43. The Morgan fingerprint density at radius 3 is 2.22 bits per heavy atom. The lowest BCUT2D eigenvalue weighted by atomic mass is 9.84. The van der Waals surface area contributed by atoms with Crippen LogP contribution in [0.3, 0.4) is 0 Å². The fourth-order valence-corrected chi connectivity index (χ4v) is 1.25. The molecule has 0 bridgehead atoms. The van der Waals surface area contributed by atoms with Gasteiger partial charge in [-0.15, -0.1) is 0 Å². The van der Waals surface area contributed by atoms with Crippen LogP contribution in [0.2, 0.25) is 0 Å². The molecule has 0 aromatic carbocycles. The zero-order valence-electron chi connectivity index (χ0n) is 10.4. The topological polar surface area (TPSA) is 46.5 Å². The van der Waals surface area contributed by atoms with Gasteiger partial charge in [-0.2, -0.15) is 0 Å². The molecule has 0 heterocycles. The summed E-state index contributed by atoms with van der Waals surface area (Å²) >= 11 is 0. The van der Waals surface area contributed by atoms with Crippen LogP contribution in [-0.2, 0) is 9.53 Å². The van der Waals surface area contributed by atoms with Crippen LogP contribution in [0.1, 0.15) is 19.8 Å². The summed E-state index contributed by atoms with van der Waals surface area (Å²) in [6.45, 7) is 1.04. The van der Waals surface area contributed by atoms with E-state index < -0.39 is 37.5 Å². The van der Waals surface area contributed by atoms with E-state index in [2.05, 4.69) is 6.58 Å². The van der Waals surface area contributed by atoms with E-state index in [9.17, 15) is 23.1 Å². The number of alkyl halides is 3. The van der Waals surface area contributed by atoms with Gasteiger partial charge in [0.25, 0.3) is 0 Å². The summed E-state index contributed by atoms with van der Waals surface area (Å²) in [7, 11) is 0. The summed E-state index contributed by atoms with van der Waals surface area (Å²) in [6, 6.07) is 0. The fraction of sp³-hybridized carbons (Fsp3) is 0.750. The maximum atomic E-state index is 12.6. The van der Waals surface area contributed by atoms with Crippen molar-refractivity contribution in [2.24, 2.45) is 5.41 Å². The average molecular weight is 268 g/mol. The van der Waals surface area contributed by atoms with Gasteiger partial charge in [-0.1, -0.05) is 6.58 Å². The van der Waals surface area contributed by atoms with Crippen molar-refractivity contribution >= 4 is 5.97 Å². The second kappa shape index (κ2) is 8.13. The molecule has 0 fully saturated rings. The fourth-order valence-electron chi connectivity index (χ4n) is 1.25. The zero-order chi connectivity index (χ0) is 14.2. The Morgan fingerprint density at radius 1 is 1.33 bits per heavy atom. The van der Waals surface area contributed by atoms with Gasteiger partial charge in [0.1, 0.15) is 20.0 Å². The van der Waals surface area contributed by atoms with Gasteiger partial charge in [0.15, 0.2) is 0 Å². The SMILES string of the molecule is C=C(C)C(=O)OCCCC(O)C(CF)(CF)CF. The molecular weight excluding hydrogens is 249 g/mol. The molecule has 106 valence electrons. The Balaban J connectivity index is 4.06. The Morgan fingerprint density at radius 2 is 1.83 bits per heavy atom. The molecule has 3 nitrogen and oxygen atoms in total. The highest BCUT2D eigenvalue weighted by Gasteiger charge is 2.38. The van der Waals surface area contributed by atoms with Gasteiger partial charge >= 0.3 is 5.97 Å². The number of halogens is 3. The van der Waals surface area contributed by atoms with Crippen molar-refractivity contribution in [1.82, 2.24) is 0 Å². The predicted molar refractivity (Wildman–Crippen MR) is 61.4 cm³/mol. The molecule has 1 unspecified atom stereocenters. The summed E-state index contributed by atoms with van der Waals surface area (Å²) in [5, 5.41) is 9.56. The first kappa shape index (κ1) is 17.0. The molecule has 0 amide bonds. The zero-order valence-corrected chi connectivity index (χ0v) is 10.4. The number of aliphatic hydroxyl groups excluding tert-OH is 1. The predicted octanol–water partition coefficient (Wildman–Crippen LogP) is 2.14. The average Bonchev–Trinajstić information content (AvgIpc) is 2.37. The van der Waals surface area contributed by atoms with Crippen LogP contribution >= 0.6 is 0 Å². The maximum absolute atomic E-state index is 12.6. The van der Waals surface area contributed by atoms with E-state index >= 15 is 0 Å². The Bertz CT molecular complexity index is 269. The molecule has 0 spiro atoms. The monoisotopic (exact) mass is 268 g/mol. The lowest BCUT2D eigenvalue weighted by Crippen LogP contribution is -2.41. The minimum atomic E-state index is -1.99. The Hall–Kier alpha value is -1.04. The summed E-state index contributed by atoms with van der Waals surface area (Å²) in [5.74, 6) is -0.572. The van der Waals surface area contributed by atoms with E-state index in [0.29, 0.717) is 0 Å². The smallest absolute Gasteiger partial charge is 0.333 e. The quantitative estimate of drug-likeness (QED) is 0.396. The minimum absolute atomic E-state index is 0.0102. The van der Waals surface area contributed by atoms with Gasteiger partial charge in [0, 0.05) is 5.57 Å². The molecule has 0 aliphatic rings. The van der Waals surface area contributed by atoms with E-state index in [0.717, 1.165) is 0 Å². The van der Waals surface area contributed by atoms with Gasteiger partial charge in [-0.3, -0.25) is 13.2 Å². The number of hydrogen-bond donors (Lipinski definition) is 1. The molecule has 1 atom stereocenters. The summed E-state index contributed by atoms with van der Waals surface area (Å²) in [5.41, 5.74) is -1.75. The van der Waals surface area contributed by atoms with Crippen LogP contribution in [0, 0.1) is 5.41 Å². The molecule has 6 heteroatoms. The number of rotatable bonds is 9. The van der Waals surface area contributed by atoms with E-state index in [1.165, 1.54) is 6.92 Å². The van der Waals surface area contributed by atoms with Crippen molar-refractivity contribution in [3.8, 4) is 0 Å². The van der Waals surface area contributed by atoms with Crippen LogP contribution in [0.25, 0.3) is 0 Å². The number of aliphatic hydroxyl groups is 1. The highest BCUT2D eigenvalue weighted by Crippen LogP contribution is 2.27. The normalized spacial score (nSPS) is 13.2. The summed E-state index contributed by atoms with van der Waals surface area (Å²) in [6.07, 6.45) is -1.29. The molecular formula is C12H19F3O3. The molecule has 0 saturated carbocycles. The molecule has 0 aromatic heterocycles. The van der Waals surface area contributed by atoms with Gasteiger partial charge in [0.05, 0.1) is 18.1 Å². The van der Waals surface area contributed by atoms with Crippen LogP contribution in [0.15, 0.2) is 12.2 Å². The highest BCUT2D eigenvalue weighted by molar-refractivity contribution is 5.86. The van der Waals surface area contributed by atoms with Crippen LogP contribution < -0.4 is 0 Å². The number of ether oxygens (including phenoxy) is 1. The standard InChI is InChI=1S/C12H19F3O3/c1-9(2)11(17)18-5-3-4-10(16)12(6-13,7-14)8-15/h10,16H,1,3-8H2,2H3. The van der Waals surface area contributed by atoms with Crippen molar-refractivity contribution in [2.75, 3.05) is 26.6 Å². The molecule has 0 saturated heterocycles. The first-order valence-corrected chi connectivity index (χ1v) is 5.62. The van der Waals surface area contributed by atoms with Crippen molar-refractivity contribution in [3.05, 3.63) is 12.2 Å². The van der Waals surface area contributed by atoms with Crippen LogP contribution in [0.4, 0.5) is 13.2 Å². The molecule has 0 radical (unpaired) electrons. The van der Waals surface area contributed by atoms with Crippen molar-refractivity contribution in [2.45, 2.75) is 25.9 Å². The van der Waals surface area contributed by atoms with Gasteiger partial charge < -0.3 is 9.84 Å². The molecule has 1 N–H and O–H groups in total. The lowest BCUT2D eigenvalue weighted by molar-refractivity contribution is -0.139. The second-order valence-electron chi connectivity index (χ2n) is 4.34. The third-order valence-corrected chi connectivity index (χ3v) is 2.71. The van der Waals surface area contributed by atoms with E-state index in [4.69, 9.17) is 4.74 Å². The van der Waals surface area contributed by atoms with Gasteiger partial charge in [-0.05, 0) is 19.8 Å². The first-order valence-electron chi connectivity index (χ1n) is 5.62. The Labute approximate surface area is 105 Å². The number of esters is 1. The van der Waals surface area contributed by atoms with Crippen molar-refractivity contribution in [1.29, 1.82) is 0 Å². The van der Waals surface area contributed by atoms with Gasteiger partial charge in [0.2, 0.25) is 0 Å². The third-order valence-electron chi connectivity index (χ3n) is 2.71. The molecule has 0 rings (SSSR count). The minimum Gasteiger partial charge on any atom is -0.462 e. The maximum Gasteiger partial charge on any atom is 0.333 e. The van der Waals surface area contributed by atoms with Crippen LogP contribution in [-0.4, -0.2) is 43.8 Å². The highest BCUT2D eigenvalue weighted by atomic mass is 19.1.